The van der Waals surface area contributed by atoms with Crippen LogP contribution in [0.25, 0.3) is 5.57 Å². The molecule has 3 heteroatoms. The summed E-state index contributed by atoms with van der Waals surface area (Å²) in [6.45, 7) is 7.59. The summed E-state index contributed by atoms with van der Waals surface area (Å²) in [5, 5.41) is 0. The van der Waals surface area contributed by atoms with Gasteiger partial charge in [-0.1, -0.05) is 13.0 Å². The molecule has 1 aliphatic heterocycles. The van der Waals surface area contributed by atoms with Crippen molar-refractivity contribution in [2.45, 2.75) is 39.7 Å². The molecule has 0 saturated heterocycles. The fourth-order valence-corrected chi connectivity index (χ4v) is 2.69. The molecule has 0 N–H and O–H groups in total. The van der Waals surface area contributed by atoms with E-state index in [2.05, 4.69) is 6.08 Å². The van der Waals surface area contributed by atoms with Crippen LogP contribution in [0, 0.1) is 5.82 Å². The fourth-order valence-electron chi connectivity index (χ4n) is 2.69. The van der Waals surface area contributed by atoms with Gasteiger partial charge in [-0.2, -0.15) is 0 Å². The fraction of sp³-hybridized carbons (Fsp3) is 0.400. The summed E-state index contributed by atoms with van der Waals surface area (Å²) in [6.07, 6.45) is 2.87. The Morgan fingerprint density at radius 1 is 1.44 bits per heavy atom. The summed E-state index contributed by atoms with van der Waals surface area (Å²) in [5.41, 5.74) is 2.29. The van der Waals surface area contributed by atoms with Crippen molar-refractivity contribution in [2.24, 2.45) is 0 Å². The second kappa shape index (κ2) is 4.23. The average Bonchev–Trinajstić information content (AvgIpc) is 2.29. The van der Waals surface area contributed by atoms with Crippen molar-refractivity contribution in [3.8, 4) is 0 Å². The second-order valence-electron chi connectivity index (χ2n) is 5.05. The van der Waals surface area contributed by atoms with E-state index in [1.807, 2.05) is 20.8 Å². The van der Waals surface area contributed by atoms with Gasteiger partial charge >= 0.3 is 0 Å². The monoisotopic (exact) mass is 247 g/mol. The van der Waals surface area contributed by atoms with Crippen LogP contribution in [0.5, 0.6) is 0 Å². The molecule has 1 aliphatic rings. The topological polar surface area (TPSA) is 20.3 Å². The maximum absolute atomic E-state index is 13.3. The Kier molecular flexibility index (Phi) is 3.01. The standard InChI is InChI=1S/C15H18FNO/c1-5-15(4)9-10(2)13-8-12(16)6-7-14(13)17(15)11(3)18/h6-9H,5H2,1-4H3. The quantitative estimate of drug-likeness (QED) is 0.739. The van der Waals surface area contributed by atoms with Crippen LogP contribution in [0.1, 0.15) is 39.7 Å². The minimum Gasteiger partial charge on any atom is -0.303 e. The second-order valence-corrected chi connectivity index (χ2v) is 5.05. The van der Waals surface area contributed by atoms with Crippen LogP contribution in [0.15, 0.2) is 24.3 Å². The predicted molar refractivity (Wildman–Crippen MR) is 71.9 cm³/mol. The molecule has 18 heavy (non-hydrogen) atoms. The van der Waals surface area contributed by atoms with E-state index in [1.54, 1.807) is 17.9 Å². The number of benzene rings is 1. The minimum absolute atomic E-state index is 0.0176. The lowest BCUT2D eigenvalue weighted by molar-refractivity contribution is -0.117. The number of fused-ring (bicyclic) bond motifs is 1. The van der Waals surface area contributed by atoms with Crippen molar-refractivity contribution in [2.75, 3.05) is 4.90 Å². The number of amides is 1. The molecule has 0 bridgehead atoms. The molecule has 0 fully saturated rings. The third-order valence-corrected chi connectivity index (χ3v) is 3.69. The zero-order chi connectivity index (χ0) is 13.5. The Labute approximate surface area is 107 Å². The van der Waals surface area contributed by atoms with E-state index in [4.69, 9.17) is 0 Å². The molecule has 1 atom stereocenters. The first kappa shape index (κ1) is 12.8. The van der Waals surface area contributed by atoms with Gasteiger partial charge in [-0.25, -0.2) is 4.39 Å². The molecular weight excluding hydrogens is 229 g/mol. The average molecular weight is 247 g/mol. The highest BCUT2D eigenvalue weighted by atomic mass is 19.1. The number of anilines is 1. The number of hydrogen-bond acceptors (Lipinski definition) is 1. The van der Waals surface area contributed by atoms with Gasteiger partial charge in [-0.15, -0.1) is 0 Å². The lowest BCUT2D eigenvalue weighted by Crippen LogP contribution is -2.49. The van der Waals surface area contributed by atoms with Crippen molar-refractivity contribution < 1.29 is 9.18 Å². The third kappa shape index (κ3) is 1.84. The number of carbonyl (C=O) groups excluding carboxylic acids is 1. The SMILES string of the molecule is CCC1(C)C=C(C)c2cc(F)ccc2N1C(C)=O. The van der Waals surface area contributed by atoms with Crippen molar-refractivity contribution in [3.05, 3.63) is 35.7 Å². The molecule has 1 aromatic carbocycles. The van der Waals surface area contributed by atoms with Gasteiger partial charge in [0.05, 0.1) is 11.2 Å². The highest BCUT2D eigenvalue weighted by Crippen LogP contribution is 2.40. The molecule has 0 spiro atoms. The van der Waals surface area contributed by atoms with Crippen LogP contribution < -0.4 is 4.90 Å². The molecule has 2 nitrogen and oxygen atoms in total. The molecule has 0 aliphatic carbocycles. The van der Waals surface area contributed by atoms with E-state index in [0.717, 1.165) is 23.2 Å². The van der Waals surface area contributed by atoms with Crippen LogP contribution >= 0.6 is 0 Å². The normalized spacial score (nSPS) is 22.5. The predicted octanol–water partition coefficient (Wildman–Crippen LogP) is 3.76. The molecule has 0 saturated carbocycles. The first-order valence-corrected chi connectivity index (χ1v) is 6.19. The number of allylic oxidation sites excluding steroid dienone is 1. The summed E-state index contributed by atoms with van der Waals surface area (Å²) < 4.78 is 13.3. The van der Waals surface area contributed by atoms with E-state index < -0.39 is 0 Å². The van der Waals surface area contributed by atoms with Gasteiger partial charge in [-0.3, -0.25) is 4.79 Å². The van der Waals surface area contributed by atoms with E-state index in [9.17, 15) is 9.18 Å². The number of nitrogens with zero attached hydrogens (tertiary/aromatic N) is 1. The Bertz CT molecular complexity index is 535. The smallest absolute Gasteiger partial charge is 0.224 e. The largest absolute Gasteiger partial charge is 0.303 e. The van der Waals surface area contributed by atoms with Crippen molar-refractivity contribution in [3.63, 3.8) is 0 Å². The summed E-state index contributed by atoms with van der Waals surface area (Å²) in [6, 6.07) is 4.59. The number of rotatable bonds is 1. The van der Waals surface area contributed by atoms with E-state index in [1.165, 1.54) is 12.1 Å². The number of carbonyl (C=O) groups is 1. The van der Waals surface area contributed by atoms with Gasteiger partial charge in [-0.05, 0) is 44.0 Å². The van der Waals surface area contributed by atoms with Crippen LogP contribution in [0.2, 0.25) is 0 Å². The van der Waals surface area contributed by atoms with Gasteiger partial charge in [0.15, 0.2) is 0 Å². The van der Waals surface area contributed by atoms with Gasteiger partial charge in [0.1, 0.15) is 5.82 Å². The van der Waals surface area contributed by atoms with E-state index in [-0.39, 0.29) is 17.3 Å². The maximum atomic E-state index is 13.3. The Morgan fingerprint density at radius 3 is 2.67 bits per heavy atom. The van der Waals surface area contributed by atoms with Gasteiger partial charge in [0, 0.05) is 12.5 Å². The summed E-state index contributed by atoms with van der Waals surface area (Å²) in [4.78, 5) is 13.7. The lowest BCUT2D eigenvalue weighted by Gasteiger charge is -2.43. The highest BCUT2D eigenvalue weighted by Gasteiger charge is 2.36. The molecule has 0 aromatic heterocycles. The van der Waals surface area contributed by atoms with Crippen molar-refractivity contribution >= 4 is 17.2 Å². The van der Waals surface area contributed by atoms with Crippen LogP contribution in [-0.2, 0) is 4.79 Å². The minimum atomic E-state index is -0.333. The Balaban J connectivity index is 2.69. The lowest BCUT2D eigenvalue weighted by atomic mass is 9.85. The van der Waals surface area contributed by atoms with Crippen molar-refractivity contribution in [1.29, 1.82) is 0 Å². The molecular formula is C15H18FNO. The zero-order valence-electron chi connectivity index (χ0n) is 11.2. The molecule has 96 valence electrons. The molecule has 1 aromatic rings. The molecule has 2 rings (SSSR count). The molecule has 1 unspecified atom stereocenters. The first-order chi connectivity index (χ1) is 8.39. The van der Waals surface area contributed by atoms with Gasteiger partial charge in [0.2, 0.25) is 5.91 Å². The number of halogens is 1. The van der Waals surface area contributed by atoms with Gasteiger partial charge < -0.3 is 4.90 Å². The van der Waals surface area contributed by atoms with Crippen molar-refractivity contribution in [1.82, 2.24) is 0 Å². The van der Waals surface area contributed by atoms with Gasteiger partial charge in [0.25, 0.3) is 0 Å². The van der Waals surface area contributed by atoms with Crippen LogP contribution in [0.3, 0.4) is 0 Å². The van der Waals surface area contributed by atoms with E-state index >= 15 is 0 Å². The maximum Gasteiger partial charge on any atom is 0.224 e. The first-order valence-electron chi connectivity index (χ1n) is 6.19. The highest BCUT2D eigenvalue weighted by molar-refractivity contribution is 5.99. The third-order valence-electron chi connectivity index (χ3n) is 3.69. The number of hydrogen-bond donors (Lipinski definition) is 0. The van der Waals surface area contributed by atoms with Crippen LogP contribution in [-0.4, -0.2) is 11.4 Å². The van der Waals surface area contributed by atoms with E-state index in [0.29, 0.717) is 0 Å². The molecule has 1 amide bonds. The summed E-state index contributed by atoms with van der Waals surface area (Å²) in [5.74, 6) is -0.291. The zero-order valence-corrected chi connectivity index (χ0v) is 11.2. The summed E-state index contributed by atoms with van der Waals surface area (Å²) in [7, 11) is 0. The van der Waals surface area contributed by atoms with Crippen LogP contribution in [0.4, 0.5) is 10.1 Å². The molecule has 1 heterocycles. The Hall–Kier alpha value is -1.64. The Morgan fingerprint density at radius 2 is 2.11 bits per heavy atom. The molecule has 0 radical (unpaired) electrons. The summed E-state index contributed by atoms with van der Waals surface area (Å²) >= 11 is 0.